The van der Waals surface area contributed by atoms with Crippen molar-refractivity contribution in [1.29, 1.82) is 0 Å². The van der Waals surface area contributed by atoms with Crippen molar-refractivity contribution in [3.05, 3.63) is 170 Å². The van der Waals surface area contributed by atoms with E-state index in [0.29, 0.717) is 5.82 Å². The highest BCUT2D eigenvalue weighted by molar-refractivity contribution is 6.26. The molecule has 4 heterocycles. The zero-order valence-electron chi connectivity index (χ0n) is 27.3. The van der Waals surface area contributed by atoms with Crippen LogP contribution >= 0.6 is 0 Å². The van der Waals surface area contributed by atoms with Crippen LogP contribution in [-0.2, 0) is 0 Å². The van der Waals surface area contributed by atoms with Gasteiger partial charge in [0.15, 0.2) is 11.5 Å². The van der Waals surface area contributed by atoms with Gasteiger partial charge in [-0.3, -0.25) is 0 Å². The second-order valence-electron chi connectivity index (χ2n) is 12.9. The molecule has 0 unspecified atom stereocenters. The van der Waals surface area contributed by atoms with Crippen molar-refractivity contribution in [3.63, 3.8) is 0 Å². The molecule has 4 aromatic heterocycles. The Kier molecular flexibility index (Phi) is 5.86. The lowest BCUT2D eigenvalue weighted by atomic mass is 10.1. The summed E-state index contributed by atoms with van der Waals surface area (Å²) in [6.07, 6.45) is 0. The molecule has 0 radical (unpaired) electrons. The molecule has 0 fully saturated rings. The third kappa shape index (κ3) is 4.07. The van der Waals surface area contributed by atoms with Gasteiger partial charge in [0.2, 0.25) is 0 Å². The molecule has 11 aromatic rings. The molecular formula is C45H28N6. The third-order valence-electron chi connectivity index (χ3n) is 10.1. The first kappa shape index (κ1) is 27.9. The number of para-hydroxylation sites is 5. The Labute approximate surface area is 292 Å². The lowest BCUT2D eigenvalue weighted by Gasteiger charge is -2.10. The van der Waals surface area contributed by atoms with Crippen molar-refractivity contribution in [2.75, 3.05) is 0 Å². The molecule has 0 bridgehead atoms. The summed E-state index contributed by atoms with van der Waals surface area (Å²) in [4.78, 5) is 10.2. The first-order valence-corrected chi connectivity index (χ1v) is 17.1. The average molecular weight is 653 g/mol. The lowest BCUT2D eigenvalue weighted by molar-refractivity contribution is 1.00. The van der Waals surface area contributed by atoms with Crippen LogP contribution in [0.25, 0.3) is 94.3 Å². The molecular weight excluding hydrogens is 625 g/mol. The fraction of sp³-hybridized carbons (Fsp3) is 0. The van der Waals surface area contributed by atoms with E-state index < -0.39 is 0 Å². The SMILES string of the molecule is c1ccc(-c2nc3ccccc3n3nc(-c4cccc(-n5c6ccccc6c6c5ccc5c7ccccc7n(-c7ccccc7)c56)c4)nc23)cc1. The summed E-state index contributed by atoms with van der Waals surface area (Å²) in [5.41, 5.74) is 12.2. The predicted octanol–water partition coefficient (Wildman–Crippen LogP) is 10.8. The number of hydrogen-bond donors (Lipinski definition) is 0. The van der Waals surface area contributed by atoms with Crippen LogP contribution in [0.5, 0.6) is 0 Å². The molecule has 238 valence electrons. The zero-order valence-corrected chi connectivity index (χ0v) is 27.3. The molecule has 0 atom stereocenters. The van der Waals surface area contributed by atoms with Crippen LogP contribution in [0.1, 0.15) is 0 Å². The molecule has 6 nitrogen and oxygen atoms in total. The van der Waals surface area contributed by atoms with Crippen LogP contribution in [0.3, 0.4) is 0 Å². The summed E-state index contributed by atoms with van der Waals surface area (Å²) in [7, 11) is 0. The first-order chi connectivity index (χ1) is 25.3. The maximum Gasteiger partial charge on any atom is 0.182 e. The van der Waals surface area contributed by atoms with E-state index in [-0.39, 0.29) is 0 Å². The Bertz CT molecular complexity index is 3130. The monoisotopic (exact) mass is 652 g/mol. The van der Waals surface area contributed by atoms with Crippen molar-refractivity contribution >= 4 is 60.3 Å². The van der Waals surface area contributed by atoms with Gasteiger partial charge in [-0.15, -0.1) is 5.10 Å². The maximum absolute atomic E-state index is 5.14. The van der Waals surface area contributed by atoms with Crippen LogP contribution in [0.2, 0.25) is 0 Å². The summed E-state index contributed by atoms with van der Waals surface area (Å²) >= 11 is 0. The van der Waals surface area contributed by atoms with E-state index in [1.54, 1.807) is 0 Å². The minimum atomic E-state index is 0.652. The summed E-state index contributed by atoms with van der Waals surface area (Å²) in [6.45, 7) is 0. The predicted molar refractivity (Wildman–Crippen MR) is 208 cm³/mol. The fourth-order valence-electron chi connectivity index (χ4n) is 7.87. The van der Waals surface area contributed by atoms with Gasteiger partial charge in [0.05, 0.1) is 33.1 Å². The van der Waals surface area contributed by atoms with Crippen molar-refractivity contribution < 1.29 is 0 Å². The fourth-order valence-corrected chi connectivity index (χ4v) is 7.87. The molecule has 0 aliphatic carbocycles. The molecule has 0 amide bonds. The quantitative estimate of drug-likeness (QED) is 0.190. The van der Waals surface area contributed by atoms with Crippen LogP contribution in [0, 0.1) is 0 Å². The normalized spacial score (nSPS) is 11.9. The number of rotatable bonds is 4. The Morgan fingerprint density at radius 2 is 1.06 bits per heavy atom. The Morgan fingerprint density at radius 1 is 0.412 bits per heavy atom. The van der Waals surface area contributed by atoms with Gasteiger partial charge in [0.25, 0.3) is 0 Å². The number of benzene rings is 7. The molecule has 51 heavy (non-hydrogen) atoms. The van der Waals surface area contributed by atoms with Gasteiger partial charge in [-0.2, -0.15) is 0 Å². The summed E-state index contributed by atoms with van der Waals surface area (Å²) in [5, 5.41) is 10.0. The molecule has 0 aliphatic rings. The van der Waals surface area contributed by atoms with E-state index in [9.17, 15) is 0 Å². The van der Waals surface area contributed by atoms with Gasteiger partial charge in [-0.25, -0.2) is 14.5 Å². The minimum Gasteiger partial charge on any atom is -0.309 e. The second-order valence-corrected chi connectivity index (χ2v) is 12.9. The van der Waals surface area contributed by atoms with Crippen LogP contribution < -0.4 is 0 Å². The zero-order chi connectivity index (χ0) is 33.5. The minimum absolute atomic E-state index is 0.652. The van der Waals surface area contributed by atoms with Gasteiger partial charge < -0.3 is 9.13 Å². The molecule has 0 saturated heterocycles. The van der Waals surface area contributed by atoms with Crippen molar-refractivity contribution in [2.24, 2.45) is 0 Å². The van der Waals surface area contributed by atoms with Gasteiger partial charge in [-0.1, -0.05) is 115 Å². The van der Waals surface area contributed by atoms with Gasteiger partial charge >= 0.3 is 0 Å². The Morgan fingerprint density at radius 3 is 1.88 bits per heavy atom. The van der Waals surface area contributed by atoms with Crippen molar-refractivity contribution in [3.8, 4) is 34.0 Å². The average Bonchev–Trinajstić information content (AvgIpc) is 3.89. The van der Waals surface area contributed by atoms with E-state index >= 15 is 0 Å². The van der Waals surface area contributed by atoms with Gasteiger partial charge in [0, 0.05) is 44.0 Å². The van der Waals surface area contributed by atoms with Gasteiger partial charge in [0.1, 0.15) is 5.69 Å². The third-order valence-corrected chi connectivity index (χ3v) is 10.1. The number of aromatic nitrogens is 6. The van der Waals surface area contributed by atoms with E-state index in [1.165, 1.54) is 32.6 Å². The topological polar surface area (TPSA) is 52.9 Å². The number of fused-ring (bicyclic) bond motifs is 10. The van der Waals surface area contributed by atoms with E-state index in [2.05, 4.69) is 137 Å². The molecule has 7 aromatic carbocycles. The number of nitrogens with zero attached hydrogens (tertiary/aromatic N) is 6. The lowest BCUT2D eigenvalue weighted by Crippen LogP contribution is -1.97. The first-order valence-electron chi connectivity index (χ1n) is 17.1. The molecule has 0 N–H and O–H groups in total. The highest BCUT2D eigenvalue weighted by Gasteiger charge is 2.21. The summed E-state index contributed by atoms with van der Waals surface area (Å²) < 4.78 is 6.73. The molecule has 6 heteroatoms. The molecule has 0 aliphatic heterocycles. The summed E-state index contributed by atoms with van der Waals surface area (Å²) in [5.74, 6) is 0.652. The van der Waals surface area contributed by atoms with Crippen LogP contribution in [0.4, 0.5) is 0 Å². The van der Waals surface area contributed by atoms with Crippen molar-refractivity contribution in [2.45, 2.75) is 0 Å². The Hall–Kier alpha value is -7.05. The van der Waals surface area contributed by atoms with Gasteiger partial charge in [-0.05, 0) is 54.6 Å². The largest absolute Gasteiger partial charge is 0.309 e. The van der Waals surface area contributed by atoms with E-state index in [1.807, 2.05) is 47.0 Å². The summed E-state index contributed by atoms with van der Waals surface area (Å²) in [6, 6.07) is 59.6. The molecule has 11 rings (SSSR count). The highest BCUT2D eigenvalue weighted by atomic mass is 15.3. The van der Waals surface area contributed by atoms with Crippen molar-refractivity contribution in [1.82, 2.24) is 28.7 Å². The molecule has 0 saturated carbocycles. The Balaban J connectivity index is 1.17. The maximum atomic E-state index is 5.14. The van der Waals surface area contributed by atoms with Crippen LogP contribution in [0.15, 0.2) is 170 Å². The highest BCUT2D eigenvalue weighted by Crippen LogP contribution is 2.42. The smallest absolute Gasteiger partial charge is 0.182 e. The van der Waals surface area contributed by atoms with E-state index in [4.69, 9.17) is 15.1 Å². The second kappa shape index (κ2) is 10.7. The van der Waals surface area contributed by atoms with Crippen LogP contribution in [-0.4, -0.2) is 28.7 Å². The molecule has 0 spiro atoms. The number of hydrogen-bond acceptors (Lipinski definition) is 3. The van der Waals surface area contributed by atoms with E-state index in [0.717, 1.165) is 55.9 Å². The standard InChI is InChI=1S/C45H28N6/c1-3-14-29(15-4-1)42-45-47-44(48-51(45)39-25-12-9-22-36(39)46-42)30-16-13-19-32(28-30)49-38-24-11-8-21-35(38)41-40(49)27-26-34-33-20-7-10-23-37(33)50(43(34)41)31-17-5-2-6-18-31/h1-28H.